The quantitative estimate of drug-likeness (QED) is 0.803. The van der Waals surface area contributed by atoms with E-state index in [4.69, 9.17) is 15.2 Å². The highest BCUT2D eigenvalue weighted by Gasteiger charge is 2.21. The van der Waals surface area contributed by atoms with E-state index in [0.29, 0.717) is 30.4 Å². The summed E-state index contributed by atoms with van der Waals surface area (Å²) in [4.78, 5) is 12.6. The first-order chi connectivity index (χ1) is 12.2. The second kappa shape index (κ2) is 9.56. The average Bonchev–Trinajstić information content (AvgIpc) is 3.03. The number of carbonyl (C=O) groups is 1. The smallest absolute Gasteiger partial charge is 0.259 e. The summed E-state index contributed by atoms with van der Waals surface area (Å²) in [6, 6.07) is 7.53. The number of aromatic nitrogens is 2. The van der Waals surface area contributed by atoms with Crippen molar-refractivity contribution in [1.82, 2.24) is 9.78 Å². The highest BCUT2D eigenvalue weighted by atomic mass is 35.5. The lowest BCUT2D eigenvalue weighted by Crippen LogP contribution is -2.22. The van der Waals surface area contributed by atoms with Crippen LogP contribution in [0, 0.1) is 6.92 Å². The second-order valence-corrected chi connectivity index (χ2v) is 6.05. The molecular formula is C18H25ClN4O3. The summed E-state index contributed by atoms with van der Waals surface area (Å²) in [5.41, 5.74) is 7.60. The number of carbonyl (C=O) groups excluding carboxylic acids is 1. The summed E-state index contributed by atoms with van der Waals surface area (Å²) in [5.74, 6) is 0.568. The lowest BCUT2D eigenvalue weighted by molar-refractivity contribution is 0.0656. The molecular weight excluding hydrogens is 356 g/mol. The Morgan fingerprint density at radius 2 is 2.04 bits per heavy atom. The Morgan fingerprint density at radius 1 is 1.35 bits per heavy atom. The summed E-state index contributed by atoms with van der Waals surface area (Å²) < 4.78 is 12.8. The van der Waals surface area contributed by atoms with Gasteiger partial charge in [0.15, 0.2) is 0 Å². The van der Waals surface area contributed by atoms with Crippen molar-refractivity contribution < 1.29 is 14.3 Å². The van der Waals surface area contributed by atoms with Gasteiger partial charge in [-0.3, -0.25) is 9.48 Å². The first kappa shape index (κ1) is 20.2. The zero-order valence-corrected chi connectivity index (χ0v) is 15.6. The minimum atomic E-state index is -0.161. The summed E-state index contributed by atoms with van der Waals surface area (Å²) >= 11 is 0. The zero-order valence-electron chi connectivity index (χ0n) is 14.8. The van der Waals surface area contributed by atoms with Crippen molar-refractivity contribution in [3.8, 4) is 5.75 Å². The highest BCUT2D eigenvalue weighted by molar-refractivity contribution is 6.04. The van der Waals surface area contributed by atoms with Gasteiger partial charge in [0.05, 0.1) is 17.8 Å². The van der Waals surface area contributed by atoms with E-state index in [9.17, 15) is 4.79 Å². The molecule has 1 amide bonds. The van der Waals surface area contributed by atoms with E-state index < -0.39 is 0 Å². The predicted molar refractivity (Wildman–Crippen MR) is 102 cm³/mol. The topological polar surface area (TPSA) is 91.4 Å². The summed E-state index contributed by atoms with van der Waals surface area (Å²) in [7, 11) is 0. The molecule has 1 aliphatic rings. The summed E-state index contributed by atoms with van der Waals surface area (Å²) in [5, 5.41) is 7.32. The number of rotatable bonds is 6. The Hall–Kier alpha value is -2.09. The molecule has 1 saturated heterocycles. The molecule has 3 N–H and O–H groups in total. The molecule has 7 nitrogen and oxygen atoms in total. The minimum Gasteiger partial charge on any atom is -0.492 e. The average molecular weight is 381 g/mol. The number of amides is 1. The van der Waals surface area contributed by atoms with Gasteiger partial charge in [-0.25, -0.2) is 0 Å². The zero-order chi connectivity index (χ0) is 17.6. The van der Waals surface area contributed by atoms with Crippen molar-refractivity contribution in [2.24, 2.45) is 5.73 Å². The third-order valence-electron chi connectivity index (χ3n) is 4.32. The van der Waals surface area contributed by atoms with Gasteiger partial charge in [-0.2, -0.15) is 5.10 Å². The third kappa shape index (κ3) is 4.75. The van der Waals surface area contributed by atoms with Crippen LogP contribution in [0.2, 0.25) is 0 Å². The Kier molecular flexibility index (Phi) is 7.44. The van der Waals surface area contributed by atoms with E-state index in [1.165, 1.54) is 0 Å². The van der Waals surface area contributed by atoms with Gasteiger partial charge in [0.25, 0.3) is 5.91 Å². The number of hydrogen-bond donors (Lipinski definition) is 2. The Bertz CT molecular complexity index is 712. The van der Waals surface area contributed by atoms with Crippen LogP contribution in [0.5, 0.6) is 5.75 Å². The largest absolute Gasteiger partial charge is 0.492 e. The van der Waals surface area contributed by atoms with Crippen molar-refractivity contribution in [1.29, 1.82) is 0 Å². The maximum Gasteiger partial charge on any atom is 0.259 e. The normalized spacial score (nSPS) is 14.5. The first-order valence-corrected chi connectivity index (χ1v) is 8.55. The first-order valence-electron chi connectivity index (χ1n) is 8.55. The molecule has 3 rings (SSSR count). The molecule has 0 saturated carbocycles. The number of ether oxygens (including phenoxy) is 2. The fourth-order valence-electron chi connectivity index (χ4n) is 2.95. The van der Waals surface area contributed by atoms with Crippen LogP contribution >= 0.6 is 12.4 Å². The number of halogens is 1. The van der Waals surface area contributed by atoms with Crippen LogP contribution in [0.25, 0.3) is 0 Å². The Labute approximate surface area is 159 Å². The molecule has 0 bridgehead atoms. The standard InChI is InChI=1S/C18H24N4O3.ClH/c1-13-17(12-20-22(13)15-6-9-24-10-7-15)18(23)21-14-2-4-16(5-3-14)25-11-8-19;/h2-5,12,15H,6-11,19H2,1H3,(H,21,23);1H. The molecule has 2 heterocycles. The van der Waals surface area contributed by atoms with E-state index in [-0.39, 0.29) is 18.3 Å². The lowest BCUT2D eigenvalue weighted by Gasteiger charge is -2.23. The molecule has 1 aromatic heterocycles. The maximum absolute atomic E-state index is 12.6. The Morgan fingerprint density at radius 3 is 2.69 bits per heavy atom. The van der Waals surface area contributed by atoms with Crippen LogP contribution in [-0.4, -0.2) is 42.1 Å². The molecule has 0 aliphatic carbocycles. The van der Waals surface area contributed by atoms with Gasteiger partial charge in [-0.15, -0.1) is 12.4 Å². The molecule has 0 atom stereocenters. The molecule has 2 aromatic rings. The van der Waals surface area contributed by atoms with Crippen molar-refractivity contribution in [2.75, 3.05) is 31.7 Å². The van der Waals surface area contributed by atoms with Crippen LogP contribution in [0.3, 0.4) is 0 Å². The molecule has 1 aliphatic heterocycles. The number of nitrogens with two attached hydrogens (primary N) is 1. The molecule has 142 valence electrons. The van der Waals surface area contributed by atoms with Gasteiger partial charge in [-0.05, 0) is 44.0 Å². The van der Waals surface area contributed by atoms with Gasteiger partial charge in [-0.1, -0.05) is 0 Å². The van der Waals surface area contributed by atoms with E-state index in [0.717, 1.165) is 37.5 Å². The molecule has 8 heteroatoms. The van der Waals surface area contributed by atoms with Gasteiger partial charge in [0.2, 0.25) is 0 Å². The van der Waals surface area contributed by atoms with E-state index in [1.807, 2.05) is 35.9 Å². The maximum atomic E-state index is 12.6. The van der Waals surface area contributed by atoms with Gasteiger partial charge < -0.3 is 20.5 Å². The second-order valence-electron chi connectivity index (χ2n) is 6.05. The molecule has 1 fully saturated rings. The summed E-state index contributed by atoms with van der Waals surface area (Å²) in [6.45, 7) is 4.35. The summed E-state index contributed by atoms with van der Waals surface area (Å²) in [6.07, 6.45) is 3.49. The molecule has 0 unspecified atom stereocenters. The number of hydrogen-bond acceptors (Lipinski definition) is 5. The van der Waals surface area contributed by atoms with Crippen LogP contribution in [0.15, 0.2) is 30.5 Å². The van der Waals surface area contributed by atoms with E-state index in [1.54, 1.807) is 6.20 Å². The van der Waals surface area contributed by atoms with Gasteiger partial charge in [0, 0.05) is 31.1 Å². The van der Waals surface area contributed by atoms with Crippen molar-refractivity contribution in [2.45, 2.75) is 25.8 Å². The number of anilines is 1. The Balaban J connectivity index is 0.00000243. The van der Waals surface area contributed by atoms with Crippen molar-refractivity contribution in [3.05, 3.63) is 41.7 Å². The van der Waals surface area contributed by atoms with Crippen LogP contribution < -0.4 is 15.8 Å². The fraction of sp³-hybridized carbons (Fsp3) is 0.444. The van der Waals surface area contributed by atoms with Crippen LogP contribution in [0.4, 0.5) is 5.69 Å². The fourth-order valence-corrected chi connectivity index (χ4v) is 2.95. The highest BCUT2D eigenvalue weighted by Crippen LogP contribution is 2.24. The number of nitrogens with one attached hydrogen (secondary N) is 1. The lowest BCUT2D eigenvalue weighted by atomic mass is 10.1. The van der Waals surface area contributed by atoms with Gasteiger partial charge in [0.1, 0.15) is 12.4 Å². The van der Waals surface area contributed by atoms with E-state index >= 15 is 0 Å². The molecule has 1 aromatic carbocycles. The molecule has 0 radical (unpaired) electrons. The molecule has 26 heavy (non-hydrogen) atoms. The number of benzene rings is 1. The van der Waals surface area contributed by atoms with Crippen molar-refractivity contribution >= 4 is 24.0 Å². The molecule has 0 spiro atoms. The van der Waals surface area contributed by atoms with E-state index in [2.05, 4.69) is 10.4 Å². The van der Waals surface area contributed by atoms with Crippen LogP contribution in [-0.2, 0) is 4.74 Å². The van der Waals surface area contributed by atoms with Crippen molar-refractivity contribution in [3.63, 3.8) is 0 Å². The minimum absolute atomic E-state index is 0. The predicted octanol–water partition coefficient (Wildman–Crippen LogP) is 2.55. The van der Waals surface area contributed by atoms with Crippen LogP contribution in [0.1, 0.15) is 34.9 Å². The SMILES string of the molecule is Cc1c(C(=O)Nc2ccc(OCCN)cc2)cnn1C1CCOCC1.Cl. The number of nitrogens with zero attached hydrogens (tertiary/aromatic N) is 2. The van der Waals surface area contributed by atoms with Gasteiger partial charge >= 0.3 is 0 Å². The monoisotopic (exact) mass is 380 g/mol. The third-order valence-corrected chi connectivity index (χ3v) is 4.32.